The number of ketones is 2. The number of aliphatic hydroxyl groups is 1. The molecule has 0 amide bonds. The summed E-state index contributed by atoms with van der Waals surface area (Å²) >= 11 is 0. The van der Waals surface area contributed by atoms with Crippen molar-refractivity contribution in [2.45, 2.75) is 82.8 Å². The van der Waals surface area contributed by atoms with Gasteiger partial charge in [0.1, 0.15) is 34.7 Å². The largest absolute Gasteiger partial charge is 0.390 e. The smallest absolute Gasteiger partial charge is 0.185 e. The highest BCUT2D eigenvalue weighted by Crippen LogP contribution is 2.44. The summed E-state index contributed by atoms with van der Waals surface area (Å²) < 4.78 is 60.9. The second kappa shape index (κ2) is 11.6. The molecule has 1 saturated heterocycles. The summed E-state index contributed by atoms with van der Waals surface area (Å²) in [6, 6.07) is 7.86. The fourth-order valence-corrected chi connectivity index (χ4v) is 6.71. The van der Waals surface area contributed by atoms with Crippen molar-refractivity contribution in [3.8, 4) is 11.3 Å². The van der Waals surface area contributed by atoms with Crippen LogP contribution in [0.3, 0.4) is 0 Å². The number of carbonyl (C=O) groups excluding carboxylic acids is 2. The summed E-state index contributed by atoms with van der Waals surface area (Å²) in [6.07, 6.45) is 2.99. The van der Waals surface area contributed by atoms with Crippen molar-refractivity contribution in [3.05, 3.63) is 77.0 Å². The SMILES string of the molecule is CC1(O)CCC(N2CC(CC(=O)CC(C)(C)c3ccc(F)cc3F)(CC(=O)c3cc(-c4ccc(F)cc4F)on3)C2)CC1. The Morgan fingerprint density at radius 1 is 0.977 bits per heavy atom. The van der Waals surface area contributed by atoms with Gasteiger partial charge in [0, 0.05) is 62.0 Å². The van der Waals surface area contributed by atoms with Crippen LogP contribution in [0.25, 0.3) is 11.3 Å². The number of rotatable bonds is 10. The number of likely N-dealkylation sites (tertiary alicyclic amines) is 1. The summed E-state index contributed by atoms with van der Waals surface area (Å²) in [7, 11) is 0. The van der Waals surface area contributed by atoms with Crippen molar-refractivity contribution in [2.24, 2.45) is 5.41 Å². The van der Waals surface area contributed by atoms with Gasteiger partial charge in [-0.15, -0.1) is 0 Å². The lowest BCUT2D eigenvalue weighted by molar-refractivity contribution is -0.128. The molecule has 5 rings (SSSR count). The Labute approximate surface area is 248 Å². The first-order valence-electron chi connectivity index (χ1n) is 14.5. The molecule has 230 valence electrons. The van der Waals surface area contributed by atoms with Gasteiger partial charge in [0.15, 0.2) is 11.5 Å². The van der Waals surface area contributed by atoms with Crippen molar-refractivity contribution < 1.29 is 36.8 Å². The third kappa shape index (κ3) is 6.91. The van der Waals surface area contributed by atoms with Crippen molar-refractivity contribution in [3.63, 3.8) is 0 Å². The molecular weight excluding hydrogens is 564 g/mol. The Balaban J connectivity index is 1.32. The molecule has 10 heteroatoms. The molecule has 1 N–H and O–H groups in total. The molecule has 1 aliphatic carbocycles. The van der Waals surface area contributed by atoms with Gasteiger partial charge in [0.05, 0.1) is 11.2 Å². The molecule has 0 atom stereocenters. The van der Waals surface area contributed by atoms with Crippen LogP contribution >= 0.6 is 0 Å². The predicted molar refractivity (Wildman–Crippen MR) is 151 cm³/mol. The standard InChI is InChI=1S/C33H36F4N2O4/c1-31(2,25-7-5-21(35)13-27(25)37)15-23(40)16-33(18-39(19-33)22-8-10-32(3,42)11-9-22)17-29(41)28-14-30(43-38-28)24-6-4-20(34)12-26(24)36/h4-7,12-14,22,42H,8-11,15-19H2,1-3H3. The second-order valence-electron chi connectivity index (χ2n) is 13.3. The average Bonchev–Trinajstić information content (AvgIpc) is 3.36. The summed E-state index contributed by atoms with van der Waals surface area (Å²) in [5.41, 5.74) is -2.12. The number of benzene rings is 2. The first-order valence-corrected chi connectivity index (χ1v) is 14.5. The Bertz CT molecular complexity index is 1520. The number of nitrogens with zero attached hydrogens (tertiary/aromatic N) is 2. The van der Waals surface area contributed by atoms with Gasteiger partial charge in [-0.25, -0.2) is 17.6 Å². The summed E-state index contributed by atoms with van der Waals surface area (Å²) in [6.45, 7) is 6.26. The average molecular weight is 601 g/mol. The molecule has 0 spiro atoms. The number of carbonyl (C=O) groups is 2. The number of halogens is 4. The molecule has 6 nitrogen and oxygen atoms in total. The molecule has 0 radical (unpaired) electrons. The Hall–Kier alpha value is -3.37. The highest BCUT2D eigenvalue weighted by Gasteiger charge is 2.49. The van der Waals surface area contributed by atoms with Crippen LogP contribution in [0.1, 0.15) is 81.8 Å². The van der Waals surface area contributed by atoms with Crippen molar-refractivity contribution in [2.75, 3.05) is 13.1 Å². The Kier molecular flexibility index (Phi) is 8.39. The summed E-state index contributed by atoms with van der Waals surface area (Å²) in [5, 5.41) is 14.2. The molecule has 2 aromatic carbocycles. The number of hydrogen-bond donors (Lipinski definition) is 1. The van der Waals surface area contributed by atoms with E-state index in [2.05, 4.69) is 10.1 Å². The van der Waals surface area contributed by atoms with Crippen LogP contribution in [0.2, 0.25) is 0 Å². The van der Waals surface area contributed by atoms with E-state index in [9.17, 15) is 32.3 Å². The Morgan fingerprint density at radius 3 is 2.23 bits per heavy atom. The zero-order valence-corrected chi connectivity index (χ0v) is 24.6. The lowest BCUT2D eigenvalue weighted by Gasteiger charge is -2.54. The van der Waals surface area contributed by atoms with Gasteiger partial charge in [-0.3, -0.25) is 14.5 Å². The van der Waals surface area contributed by atoms with E-state index in [1.54, 1.807) is 13.8 Å². The first kappa shape index (κ1) is 31.1. The van der Waals surface area contributed by atoms with E-state index in [4.69, 9.17) is 4.52 Å². The molecule has 3 aromatic rings. The third-order valence-corrected chi connectivity index (χ3v) is 9.03. The van der Waals surface area contributed by atoms with Gasteiger partial charge in [-0.2, -0.15) is 0 Å². The van der Waals surface area contributed by atoms with Crippen molar-refractivity contribution in [1.29, 1.82) is 0 Å². The van der Waals surface area contributed by atoms with Crippen LogP contribution in [0, 0.1) is 28.7 Å². The summed E-state index contributed by atoms with van der Waals surface area (Å²) in [4.78, 5) is 29.2. The topological polar surface area (TPSA) is 83.6 Å². The lowest BCUT2D eigenvalue weighted by Crippen LogP contribution is -2.62. The maximum Gasteiger partial charge on any atom is 0.185 e. The van der Waals surface area contributed by atoms with Gasteiger partial charge < -0.3 is 9.63 Å². The number of Topliss-reactive ketones (excluding diaryl/α,β-unsaturated/α-hetero) is 2. The quantitative estimate of drug-likeness (QED) is 0.204. The molecule has 0 unspecified atom stereocenters. The van der Waals surface area contributed by atoms with E-state index in [1.807, 2.05) is 6.92 Å². The minimum absolute atomic E-state index is 0.00423. The molecule has 2 heterocycles. The first-order chi connectivity index (χ1) is 20.2. The van der Waals surface area contributed by atoms with Gasteiger partial charge in [0.2, 0.25) is 0 Å². The minimum atomic E-state index is -0.904. The lowest BCUT2D eigenvalue weighted by atomic mass is 9.68. The van der Waals surface area contributed by atoms with Crippen LogP contribution < -0.4 is 0 Å². The molecule has 1 saturated carbocycles. The van der Waals surface area contributed by atoms with Gasteiger partial charge in [-0.05, 0) is 61.8 Å². The molecule has 43 heavy (non-hydrogen) atoms. The Morgan fingerprint density at radius 2 is 1.60 bits per heavy atom. The van der Waals surface area contributed by atoms with E-state index in [1.165, 1.54) is 24.3 Å². The van der Waals surface area contributed by atoms with Crippen LogP contribution in [0.5, 0.6) is 0 Å². The molecular formula is C33H36F4N2O4. The minimum Gasteiger partial charge on any atom is -0.390 e. The van der Waals surface area contributed by atoms with Gasteiger partial charge in [-0.1, -0.05) is 25.1 Å². The van der Waals surface area contributed by atoms with E-state index < -0.39 is 39.7 Å². The molecule has 2 fully saturated rings. The molecule has 0 bridgehead atoms. The number of aromatic nitrogens is 1. The van der Waals surface area contributed by atoms with Crippen LogP contribution in [-0.4, -0.2) is 51.5 Å². The van der Waals surface area contributed by atoms with E-state index in [0.717, 1.165) is 25.0 Å². The normalized spacial score (nSPS) is 22.3. The highest BCUT2D eigenvalue weighted by atomic mass is 19.1. The van der Waals surface area contributed by atoms with Crippen molar-refractivity contribution >= 4 is 11.6 Å². The monoisotopic (exact) mass is 600 g/mol. The molecule has 2 aliphatic rings. The maximum atomic E-state index is 14.6. The van der Waals surface area contributed by atoms with Gasteiger partial charge in [0.25, 0.3) is 0 Å². The van der Waals surface area contributed by atoms with Crippen molar-refractivity contribution in [1.82, 2.24) is 10.1 Å². The van der Waals surface area contributed by atoms with Crippen LogP contribution in [0.15, 0.2) is 47.0 Å². The zero-order valence-electron chi connectivity index (χ0n) is 24.6. The van der Waals surface area contributed by atoms with Gasteiger partial charge >= 0.3 is 0 Å². The van der Waals surface area contributed by atoms with E-state index in [0.29, 0.717) is 32.0 Å². The fourth-order valence-electron chi connectivity index (χ4n) is 6.71. The van der Waals surface area contributed by atoms with E-state index in [-0.39, 0.29) is 59.5 Å². The fraction of sp³-hybridized carbons (Fsp3) is 0.485. The van der Waals surface area contributed by atoms with Crippen LogP contribution in [-0.2, 0) is 10.2 Å². The maximum absolute atomic E-state index is 14.6. The molecule has 1 aromatic heterocycles. The summed E-state index contributed by atoms with van der Waals surface area (Å²) in [5.74, 6) is -3.55. The third-order valence-electron chi connectivity index (χ3n) is 9.03. The number of hydrogen-bond acceptors (Lipinski definition) is 6. The zero-order chi connectivity index (χ0) is 31.2. The van der Waals surface area contributed by atoms with Crippen LogP contribution in [0.4, 0.5) is 17.6 Å². The predicted octanol–water partition coefficient (Wildman–Crippen LogP) is 6.79. The highest BCUT2D eigenvalue weighted by molar-refractivity contribution is 5.96. The molecule has 1 aliphatic heterocycles. The second-order valence-corrected chi connectivity index (χ2v) is 13.3. The van der Waals surface area contributed by atoms with E-state index >= 15 is 0 Å².